The highest BCUT2D eigenvalue weighted by Gasteiger charge is 2.56. The summed E-state index contributed by atoms with van der Waals surface area (Å²) in [6.07, 6.45) is 2.93. The normalized spacial score (nSPS) is 33.8. The molecule has 2 aliphatic rings. The predicted octanol–water partition coefficient (Wildman–Crippen LogP) is 0.913. The Morgan fingerprint density at radius 2 is 2.24 bits per heavy atom. The number of hydrogen-bond donors (Lipinski definition) is 1. The number of nitrogens with zero attached hydrogens (tertiary/aromatic N) is 1. The van der Waals surface area contributed by atoms with E-state index in [0.717, 1.165) is 12.8 Å². The fourth-order valence-corrected chi connectivity index (χ4v) is 4.80. The molecule has 2 fully saturated rings. The molecule has 0 unspecified atom stereocenters. The zero-order chi connectivity index (χ0) is 12.7. The van der Waals surface area contributed by atoms with Crippen LogP contribution in [0.4, 0.5) is 0 Å². The number of carboxylic acid groups (broad SMARTS) is 1. The van der Waals surface area contributed by atoms with Crippen LogP contribution in [0.25, 0.3) is 0 Å². The fraction of sp³-hybridized carbons (Fsp3) is 0.909. The van der Waals surface area contributed by atoms with Gasteiger partial charge in [-0.1, -0.05) is 13.3 Å². The lowest BCUT2D eigenvalue weighted by molar-refractivity contribution is -0.149. The van der Waals surface area contributed by atoms with Crippen LogP contribution in [-0.4, -0.2) is 42.6 Å². The van der Waals surface area contributed by atoms with Gasteiger partial charge in [-0.2, -0.15) is 0 Å². The van der Waals surface area contributed by atoms with Gasteiger partial charge in [0.05, 0.1) is 11.2 Å². The van der Waals surface area contributed by atoms with E-state index in [2.05, 4.69) is 0 Å². The topological polar surface area (TPSA) is 74.7 Å². The molecule has 17 heavy (non-hydrogen) atoms. The molecule has 0 amide bonds. The zero-order valence-corrected chi connectivity index (χ0v) is 10.9. The molecule has 6 heteroatoms. The van der Waals surface area contributed by atoms with Crippen molar-refractivity contribution in [1.29, 1.82) is 0 Å². The second kappa shape index (κ2) is 4.24. The standard InChI is InChI=1S/C11H19NO4S/c1-2-6-17(15,16)12-7-9-4-3-5-11(9,8-12)10(13)14/h9H,2-8H2,1H3,(H,13,14)/t9-,11+/m0/s1. The Hall–Kier alpha value is -0.620. The number of carboxylic acids is 1. The molecule has 1 N–H and O–H groups in total. The lowest BCUT2D eigenvalue weighted by Crippen LogP contribution is -2.37. The Morgan fingerprint density at radius 1 is 1.53 bits per heavy atom. The molecule has 0 aromatic rings. The van der Waals surface area contributed by atoms with Crippen LogP contribution < -0.4 is 0 Å². The fourth-order valence-electron chi connectivity index (χ4n) is 3.19. The van der Waals surface area contributed by atoms with Crippen molar-refractivity contribution >= 4 is 16.0 Å². The van der Waals surface area contributed by atoms with E-state index in [0.29, 0.717) is 19.4 Å². The molecule has 5 nitrogen and oxygen atoms in total. The third-order valence-corrected chi connectivity index (χ3v) is 6.11. The number of rotatable bonds is 4. The Kier molecular flexibility index (Phi) is 3.20. The predicted molar refractivity (Wildman–Crippen MR) is 63.1 cm³/mol. The van der Waals surface area contributed by atoms with Gasteiger partial charge in [-0.15, -0.1) is 0 Å². The maximum Gasteiger partial charge on any atom is 0.311 e. The van der Waals surface area contributed by atoms with Gasteiger partial charge in [-0.25, -0.2) is 12.7 Å². The summed E-state index contributed by atoms with van der Waals surface area (Å²) < 4.78 is 25.3. The summed E-state index contributed by atoms with van der Waals surface area (Å²) in [4.78, 5) is 11.4. The van der Waals surface area contributed by atoms with Gasteiger partial charge in [-0.3, -0.25) is 4.79 Å². The van der Waals surface area contributed by atoms with E-state index in [1.165, 1.54) is 4.31 Å². The summed E-state index contributed by atoms with van der Waals surface area (Å²) >= 11 is 0. The van der Waals surface area contributed by atoms with E-state index in [4.69, 9.17) is 0 Å². The SMILES string of the molecule is CCCS(=O)(=O)N1C[C@@H]2CCC[C@@]2(C(=O)O)C1. The Balaban J connectivity index is 2.21. The average molecular weight is 261 g/mol. The summed E-state index contributed by atoms with van der Waals surface area (Å²) in [5, 5.41) is 9.37. The maximum atomic E-state index is 12.0. The van der Waals surface area contributed by atoms with Gasteiger partial charge in [0.25, 0.3) is 0 Å². The van der Waals surface area contributed by atoms with Gasteiger partial charge in [0.2, 0.25) is 10.0 Å². The quantitative estimate of drug-likeness (QED) is 0.816. The highest BCUT2D eigenvalue weighted by Crippen LogP contribution is 2.49. The second-order valence-electron chi connectivity index (χ2n) is 5.16. The van der Waals surface area contributed by atoms with Crippen molar-refractivity contribution in [3.8, 4) is 0 Å². The van der Waals surface area contributed by atoms with Crippen molar-refractivity contribution in [2.24, 2.45) is 11.3 Å². The van der Waals surface area contributed by atoms with Crippen LogP contribution in [0.1, 0.15) is 32.6 Å². The first-order valence-corrected chi connectivity index (χ1v) is 7.74. The monoisotopic (exact) mass is 261 g/mol. The first-order valence-electron chi connectivity index (χ1n) is 6.13. The van der Waals surface area contributed by atoms with E-state index in [1.54, 1.807) is 0 Å². The molecule has 0 aromatic heterocycles. The van der Waals surface area contributed by atoms with Crippen LogP contribution in [0.5, 0.6) is 0 Å². The minimum Gasteiger partial charge on any atom is -0.481 e. The molecule has 98 valence electrons. The van der Waals surface area contributed by atoms with Gasteiger partial charge >= 0.3 is 5.97 Å². The highest BCUT2D eigenvalue weighted by molar-refractivity contribution is 7.89. The molecular formula is C11H19NO4S. The average Bonchev–Trinajstić information content (AvgIpc) is 2.72. The van der Waals surface area contributed by atoms with Crippen molar-refractivity contribution < 1.29 is 18.3 Å². The second-order valence-corrected chi connectivity index (χ2v) is 7.25. The maximum absolute atomic E-state index is 12.0. The molecule has 0 bridgehead atoms. The van der Waals surface area contributed by atoms with E-state index in [9.17, 15) is 18.3 Å². The summed E-state index contributed by atoms with van der Waals surface area (Å²) in [6, 6.07) is 0. The lowest BCUT2D eigenvalue weighted by Gasteiger charge is -2.23. The molecule has 0 aromatic carbocycles. The number of fused-ring (bicyclic) bond motifs is 1. The zero-order valence-electron chi connectivity index (χ0n) is 10.1. The number of carbonyl (C=O) groups is 1. The van der Waals surface area contributed by atoms with Crippen LogP contribution in [0.15, 0.2) is 0 Å². The van der Waals surface area contributed by atoms with E-state index < -0.39 is 21.4 Å². The van der Waals surface area contributed by atoms with E-state index >= 15 is 0 Å². The smallest absolute Gasteiger partial charge is 0.311 e. The van der Waals surface area contributed by atoms with Gasteiger partial charge in [0, 0.05) is 13.1 Å². The Labute approximate surface area is 102 Å². The molecule has 0 spiro atoms. The molecule has 0 radical (unpaired) electrons. The van der Waals surface area contributed by atoms with Crippen molar-refractivity contribution in [1.82, 2.24) is 4.31 Å². The van der Waals surface area contributed by atoms with E-state index in [1.807, 2.05) is 6.92 Å². The minimum atomic E-state index is -3.25. The summed E-state index contributed by atoms with van der Waals surface area (Å²) in [5.74, 6) is -0.698. The molecule has 1 saturated carbocycles. The molecule has 2 atom stereocenters. The van der Waals surface area contributed by atoms with Crippen LogP contribution in [0.3, 0.4) is 0 Å². The van der Waals surface area contributed by atoms with Crippen LogP contribution in [0.2, 0.25) is 0 Å². The third-order valence-electron chi connectivity index (χ3n) is 4.12. The molecule has 2 rings (SSSR count). The minimum absolute atomic E-state index is 0.00614. The lowest BCUT2D eigenvalue weighted by atomic mass is 9.81. The summed E-state index contributed by atoms with van der Waals surface area (Å²) in [7, 11) is -3.25. The Morgan fingerprint density at radius 3 is 2.76 bits per heavy atom. The van der Waals surface area contributed by atoms with Crippen LogP contribution in [-0.2, 0) is 14.8 Å². The van der Waals surface area contributed by atoms with E-state index in [-0.39, 0.29) is 18.2 Å². The van der Waals surface area contributed by atoms with Crippen LogP contribution >= 0.6 is 0 Å². The number of aliphatic carboxylic acids is 1. The van der Waals surface area contributed by atoms with Crippen LogP contribution in [0, 0.1) is 11.3 Å². The molecule has 1 saturated heterocycles. The van der Waals surface area contributed by atoms with Gasteiger partial charge in [0.15, 0.2) is 0 Å². The first-order chi connectivity index (χ1) is 7.92. The Bertz CT molecular complexity index is 419. The molecule has 1 heterocycles. The molecule has 1 aliphatic carbocycles. The molecule has 1 aliphatic heterocycles. The number of hydrogen-bond acceptors (Lipinski definition) is 3. The largest absolute Gasteiger partial charge is 0.481 e. The highest BCUT2D eigenvalue weighted by atomic mass is 32.2. The number of sulfonamides is 1. The molecular weight excluding hydrogens is 242 g/mol. The summed E-state index contributed by atoms with van der Waals surface area (Å²) in [5.41, 5.74) is -0.805. The van der Waals surface area contributed by atoms with Gasteiger partial charge in [0.1, 0.15) is 0 Å². The first kappa shape index (κ1) is 12.8. The van der Waals surface area contributed by atoms with Gasteiger partial charge < -0.3 is 5.11 Å². The summed E-state index contributed by atoms with van der Waals surface area (Å²) in [6.45, 7) is 2.39. The third kappa shape index (κ3) is 1.97. The van der Waals surface area contributed by atoms with Crippen molar-refractivity contribution in [3.63, 3.8) is 0 Å². The van der Waals surface area contributed by atoms with Crippen molar-refractivity contribution in [3.05, 3.63) is 0 Å². The van der Waals surface area contributed by atoms with Crippen molar-refractivity contribution in [2.75, 3.05) is 18.8 Å². The van der Waals surface area contributed by atoms with Gasteiger partial charge in [-0.05, 0) is 25.2 Å². The van der Waals surface area contributed by atoms with Crippen molar-refractivity contribution in [2.45, 2.75) is 32.6 Å².